The van der Waals surface area contributed by atoms with Gasteiger partial charge in [0.2, 0.25) is 5.88 Å². The molecule has 0 bridgehead atoms. The largest absolute Gasteiger partial charge is 0.490 e. The Bertz CT molecular complexity index is 937. The van der Waals surface area contributed by atoms with Crippen LogP contribution in [0, 0.1) is 12.3 Å². The van der Waals surface area contributed by atoms with Gasteiger partial charge in [0.1, 0.15) is 17.9 Å². The highest BCUT2D eigenvalue weighted by Crippen LogP contribution is 2.45. The highest BCUT2D eigenvalue weighted by Gasteiger charge is 2.41. The Hall–Kier alpha value is -3.40. The van der Waals surface area contributed by atoms with Gasteiger partial charge in [0.05, 0.1) is 19.6 Å². The Labute approximate surface area is 169 Å². The first-order chi connectivity index (χ1) is 14.0. The van der Waals surface area contributed by atoms with Crippen LogP contribution in [0.25, 0.3) is 0 Å². The van der Waals surface area contributed by atoms with Crippen LogP contribution < -0.4 is 15.2 Å². The number of carbonyl (C=O) groups is 2. The minimum atomic E-state index is -0.708. The second-order valence-electron chi connectivity index (χ2n) is 6.55. The third-order valence-corrected chi connectivity index (χ3v) is 4.80. The molecule has 0 radical (unpaired) electrons. The summed E-state index contributed by atoms with van der Waals surface area (Å²) in [6, 6.07) is 5.19. The molecule has 0 saturated heterocycles. The molecule has 3 rings (SSSR count). The van der Waals surface area contributed by atoms with Gasteiger partial charge in [-0.2, -0.15) is 0 Å². The van der Waals surface area contributed by atoms with Crippen LogP contribution in [0.5, 0.6) is 11.5 Å². The molecule has 1 aliphatic heterocycles. The molecule has 2 aliphatic rings. The number of carbonyl (C=O) groups excluding carboxylic acids is 2. The molecular weight excluding hydrogens is 374 g/mol. The Balaban J connectivity index is 2.15. The van der Waals surface area contributed by atoms with Crippen molar-refractivity contribution in [3.63, 3.8) is 0 Å². The van der Waals surface area contributed by atoms with E-state index in [9.17, 15) is 9.59 Å². The number of esters is 1. The smallest absolute Gasteiger partial charge is 0.340 e. The summed E-state index contributed by atoms with van der Waals surface area (Å²) >= 11 is 0. The van der Waals surface area contributed by atoms with Crippen LogP contribution in [-0.4, -0.2) is 32.1 Å². The zero-order chi connectivity index (χ0) is 21.0. The van der Waals surface area contributed by atoms with E-state index in [2.05, 4.69) is 5.92 Å². The molecule has 1 aromatic carbocycles. The summed E-state index contributed by atoms with van der Waals surface area (Å²) in [5.74, 6) is 2.36. The van der Waals surface area contributed by atoms with Gasteiger partial charge in [-0.3, -0.25) is 4.79 Å². The van der Waals surface area contributed by atoms with Gasteiger partial charge < -0.3 is 24.7 Å². The van der Waals surface area contributed by atoms with Gasteiger partial charge in [-0.15, -0.1) is 6.42 Å². The summed E-state index contributed by atoms with van der Waals surface area (Å²) < 4.78 is 21.8. The lowest BCUT2D eigenvalue weighted by Crippen LogP contribution is -2.31. The molecule has 29 heavy (non-hydrogen) atoms. The predicted molar refractivity (Wildman–Crippen MR) is 105 cm³/mol. The third kappa shape index (κ3) is 3.92. The summed E-state index contributed by atoms with van der Waals surface area (Å²) in [6.45, 7) is 2.33. The van der Waals surface area contributed by atoms with E-state index in [1.165, 1.54) is 7.11 Å². The number of Topliss-reactive ketones (excluding diaryl/α,β-unsaturated/α-hetero) is 1. The van der Waals surface area contributed by atoms with Gasteiger partial charge in [-0.25, -0.2) is 4.79 Å². The van der Waals surface area contributed by atoms with Gasteiger partial charge in [-0.1, -0.05) is 12.0 Å². The molecule has 0 aromatic heterocycles. The van der Waals surface area contributed by atoms with E-state index < -0.39 is 11.9 Å². The summed E-state index contributed by atoms with van der Waals surface area (Å²) in [6.07, 6.45) is 6.91. The number of terminal acetylenes is 1. The van der Waals surface area contributed by atoms with Crippen molar-refractivity contribution in [1.29, 1.82) is 0 Å². The molecule has 2 N–H and O–H groups in total. The third-order valence-electron chi connectivity index (χ3n) is 4.80. The predicted octanol–water partition coefficient (Wildman–Crippen LogP) is 2.56. The number of methoxy groups -OCH3 is 1. The van der Waals surface area contributed by atoms with Crippen molar-refractivity contribution < 1.29 is 28.5 Å². The van der Waals surface area contributed by atoms with E-state index in [1.807, 2.05) is 6.92 Å². The zero-order valence-corrected chi connectivity index (χ0v) is 16.4. The van der Waals surface area contributed by atoms with E-state index >= 15 is 0 Å². The van der Waals surface area contributed by atoms with Crippen LogP contribution >= 0.6 is 0 Å². The second kappa shape index (κ2) is 8.74. The molecule has 7 heteroatoms. The maximum Gasteiger partial charge on any atom is 0.340 e. The van der Waals surface area contributed by atoms with Crippen LogP contribution in [0.3, 0.4) is 0 Å². The molecule has 1 aliphatic carbocycles. The fourth-order valence-electron chi connectivity index (χ4n) is 3.61. The molecular formula is C22H23NO6. The number of benzene rings is 1. The summed E-state index contributed by atoms with van der Waals surface area (Å²) in [4.78, 5) is 25.3. The highest BCUT2D eigenvalue weighted by atomic mass is 16.5. The van der Waals surface area contributed by atoms with Crippen molar-refractivity contribution in [2.24, 2.45) is 5.73 Å². The number of allylic oxidation sites excluding steroid dienone is 2. The van der Waals surface area contributed by atoms with Crippen molar-refractivity contribution in [3.8, 4) is 23.8 Å². The average molecular weight is 397 g/mol. The molecule has 152 valence electrons. The quantitative estimate of drug-likeness (QED) is 0.582. The Morgan fingerprint density at radius 3 is 2.79 bits per heavy atom. The number of hydrogen-bond acceptors (Lipinski definition) is 7. The highest BCUT2D eigenvalue weighted by molar-refractivity contribution is 6.03. The number of nitrogens with two attached hydrogens (primary N) is 1. The number of ketones is 1. The molecule has 1 aromatic rings. The van der Waals surface area contributed by atoms with Gasteiger partial charge in [-0.05, 0) is 31.0 Å². The molecule has 1 heterocycles. The molecule has 0 saturated carbocycles. The normalized spacial score (nSPS) is 18.5. The number of hydrogen-bond donors (Lipinski definition) is 1. The standard InChI is InChI=1S/C22H23NO6/c1-4-11-28-15-10-9-13(12-17(15)27-5-2)18-19-14(24)7-6-8-16(19)29-21(23)20(18)22(25)26-3/h1,9-10,12,18H,5-8,11,23H2,2-3H3/t18-/m0/s1. The molecule has 0 amide bonds. The maximum atomic E-state index is 12.8. The SMILES string of the molecule is C#CCOc1ccc([C@@H]2C(C(=O)OC)=C(N)OC3=C2C(=O)CCC3)cc1OCC. The monoisotopic (exact) mass is 397 g/mol. The molecule has 0 spiro atoms. The first-order valence-corrected chi connectivity index (χ1v) is 9.36. The van der Waals surface area contributed by atoms with Crippen LogP contribution in [-0.2, 0) is 19.1 Å². The lowest BCUT2D eigenvalue weighted by Gasteiger charge is -2.32. The van der Waals surface area contributed by atoms with Gasteiger partial charge >= 0.3 is 5.97 Å². The second-order valence-corrected chi connectivity index (χ2v) is 6.55. The molecule has 0 fully saturated rings. The molecule has 7 nitrogen and oxygen atoms in total. The van der Waals surface area contributed by atoms with E-state index in [4.69, 9.17) is 31.1 Å². The van der Waals surface area contributed by atoms with E-state index in [1.54, 1.807) is 18.2 Å². The van der Waals surface area contributed by atoms with Crippen molar-refractivity contribution in [2.75, 3.05) is 20.3 Å². The van der Waals surface area contributed by atoms with Crippen molar-refractivity contribution >= 4 is 11.8 Å². The Morgan fingerprint density at radius 1 is 1.31 bits per heavy atom. The van der Waals surface area contributed by atoms with Gasteiger partial charge in [0, 0.05) is 18.4 Å². The van der Waals surface area contributed by atoms with Crippen LogP contribution in [0.1, 0.15) is 37.7 Å². The van der Waals surface area contributed by atoms with Crippen LogP contribution in [0.15, 0.2) is 41.0 Å². The van der Waals surface area contributed by atoms with E-state index in [0.29, 0.717) is 54.3 Å². The van der Waals surface area contributed by atoms with Crippen LogP contribution in [0.4, 0.5) is 0 Å². The number of rotatable bonds is 6. The summed E-state index contributed by atoms with van der Waals surface area (Å²) in [5, 5.41) is 0. The lowest BCUT2D eigenvalue weighted by molar-refractivity contribution is -0.136. The van der Waals surface area contributed by atoms with Gasteiger partial charge in [0.25, 0.3) is 0 Å². The lowest BCUT2D eigenvalue weighted by atomic mass is 9.77. The average Bonchev–Trinajstić information content (AvgIpc) is 2.71. The maximum absolute atomic E-state index is 12.8. The summed E-state index contributed by atoms with van der Waals surface area (Å²) in [7, 11) is 1.26. The van der Waals surface area contributed by atoms with E-state index in [0.717, 1.165) is 0 Å². The van der Waals surface area contributed by atoms with Crippen molar-refractivity contribution in [2.45, 2.75) is 32.1 Å². The molecule has 1 atom stereocenters. The Morgan fingerprint density at radius 2 is 2.10 bits per heavy atom. The summed E-state index contributed by atoms with van der Waals surface area (Å²) in [5.41, 5.74) is 7.24. The minimum Gasteiger partial charge on any atom is -0.490 e. The zero-order valence-electron chi connectivity index (χ0n) is 16.4. The van der Waals surface area contributed by atoms with E-state index in [-0.39, 0.29) is 23.8 Å². The molecule has 0 unspecified atom stereocenters. The van der Waals surface area contributed by atoms with Crippen molar-refractivity contribution in [3.05, 3.63) is 46.6 Å². The minimum absolute atomic E-state index is 0.0547. The fourth-order valence-corrected chi connectivity index (χ4v) is 3.61. The van der Waals surface area contributed by atoms with Gasteiger partial charge in [0.15, 0.2) is 17.3 Å². The van der Waals surface area contributed by atoms with Crippen molar-refractivity contribution in [1.82, 2.24) is 0 Å². The first-order valence-electron chi connectivity index (χ1n) is 9.36. The number of ether oxygens (including phenoxy) is 4. The Kier molecular flexibility index (Phi) is 6.13. The fraction of sp³-hybridized carbons (Fsp3) is 0.364. The first kappa shape index (κ1) is 20.3. The van der Waals surface area contributed by atoms with Crippen LogP contribution in [0.2, 0.25) is 0 Å². The topological polar surface area (TPSA) is 97.1 Å².